The molecule has 1 aromatic carbocycles. The Kier molecular flexibility index (Phi) is 5.66. The molecular formula is C23H20F4N6. The summed E-state index contributed by atoms with van der Waals surface area (Å²) >= 11 is 0. The smallest absolute Gasteiger partial charge is 0.256 e. The van der Waals surface area contributed by atoms with Crippen molar-refractivity contribution in [2.24, 2.45) is 5.41 Å². The first-order valence-electron chi connectivity index (χ1n) is 10.2. The van der Waals surface area contributed by atoms with Crippen LogP contribution >= 0.6 is 0 Å². The minimum atomic E-state index is -2.85. The third-order valence-electron chi connectivity index (χ3n) is 5.42. The van der Waals surface area contributed by atoms with Gasteiger partial charge in [-0.2, -0.15) is 4.98 Å². The SMILES string of the molecule is CC(=N)n1c(=N)nc(N(CC(F)F)c2ccnc(C#CC3(C)CC3)c2)c2c(F)c(F)ccc21. The van der Waals surface area contributed by atoms with Crippen LogP contribution in [0.25, 0.3) is 10.9 Å². The van der Waals surface area contributed by atoms with E-state index in [1.54, 1.807) is 0 Å². The Morgan fingerprint density at radius 1 is 1.27 bits per heavy atom. The predicted molar refractivity (Wildman–Crippen MR) is 116 cm³/mol. The number of benzene rings is 1. The topological polar surface area (TPSA) is 81.7 Å². The zero-order valence-corrected chi connectivity index (χ0v) is 17.9. The first kappa shape index (κ1) is 22.5. The fourth-order valence-electron chi connectivity index (χ4n) is 3.43. The van der Waals surface area contributed by atoms with Crippen LogP contribution in [-0.2, 0) is 0 Å². The largest absolute Gasteiger partial charge is 0.320 e. The predicted octanol–water partition coefficient (Wildman–Crippen LogP) is 4.59. The number of aromatic nitrogens is 3. The zero-order valence-electron chi connectivity index (χ0n) is 17.9. The zero-order chi connectivity index (χ0) is 23.9. The summed E-state index contributed by atoms with van der Waals surface area (Å²) in [6, 6.07) is 4.95. The van der Waals surface area contributed by atoms with Crippen molar-refractivity contribution < 1.29 is 17.6 Å². The minimum absolute atomic E-state index is 0.0357. The molecule has 0 radical (unpaired) electrons. The highest BCUT2D eigenvalue weighted by Gasteiger charge is 2.35. The monoisotopic (exact) mass is 456 g/mol. The van der Waals surface area contributed by atoms with Gasteiger partial charge in [-0.15, -0.1) is 0 Å². The van der Waals surface area contributed by atoms with Crippen molar-refractivity contribution in [3.05, 3.63) is 53.4 Å². The van der Waals surface area contributed by atoms with Gasteiger partial charge in [-0.25, -0.2) is 22.5 Å². The molecule has 1 aliphatic carbocycles. The molecule has 3 aromatic rings. The van der Waals surface area contributed by atoms with Gasteiger partial charge in [0.25, 0.3) is 6.43 Å². The standard InChI is InChI=1S/C23H20F4N6/c1-13(28)33-17-4-3-16(24)20(27)19(17)21(31-22(33)29)32(12-18(25)26)15-6-10-30-14(11-15)5-7-23(2)8-9-23/h3-4,6,10-11,18,28-29H,8-9,12H2,1-2H3. The number of halogens is 4. The summed E-state index contributed by atoms with van der Waals surface area (Å²) in [6.07, 6.45) is 0.484. The van der Waals surface area contributed by atoms with Gasteiger partial charge >= 0.3 is 0 Å². The van der Waals surface area contributed by atoms with Crippen molar-refractivity contribution in [1.29, 1.82) is 10.8 Å². The Balaban J connectivity index is 1.95. The number of hydrogen-bond donors (Lipinski definition) is 2. The summed E-state index contributed by atoms with van der Waals surface area (Å²) < 4.78 is 57.3. The molecule has 2 aromatic heterocycles. The lowest BCUT2D eigenvalue weighted by atomic mass is 10.1. The Labute approximate surface area is 186 Å². The van der Waals surface area contributed by atoms with E-state index in [0.29, 0.717) is 5.69 Å². The number of fused-ring (bicyclic) bond motifs is 1. The third kappa shape index (κ3) is 4.44. The molecule has 0 saturated heterocycles. The molecule has 6 nitrogen and oxygen atoms in total. The highest BCUT2D eigenvalue weighted by Crippen LogP contribution is 2.44. The van der Waals surface area contributed by atoms with E-state index in [4.69, 9.17) is 10.8 Å². The molecule has 0 atom stereocenters. The molecule has 33 heavy (non-hydrogen) atoms. The van der Waals surface area contributed by atoms with Crippen molar-refractivity contribution in [3.8, 4) is 11.8 Å². The average molecular weight is 456 g/mol. The molecule has 2 heterocycles. The van der Waals surface area contributed by atoms with Crippen molar-refractivity contribution in [3.63, 3.8) is 0 Å². The van der Waals surface area contributed by atoms with Gasteiger partial charge in [0.05, 0.1) is 17.4 Å². The lowest BCUT2D eigenvalue weighted by molar-refractivity contribution is 0.157. The number of pyridine rings is 1. The highest BCUT2D eigenvalue weighted by atomic mass is 19.3. The van der Waals surface area contributed by atoms with Crippen LogP contribution in [0.15, 0.2) is 30.5 Å². The van der Waals surface area contributed by atoms with Crippen LogP contribution in [0.5, 0.6) is 0 Å². The van der Waals surface area contributed by atoms with Crippen LogP contribution < -0.4 is 10.5 Å². The number of nitrogens with one attached hydrogen (secondary N) is 2. The number of nitrogens with zero attached hydrogens (tertiary/aromatic N) is 4. The molecular weight excluding hydrogens is 436 g/mol. The molecule has 1 aliphatic rings. The van der Waals surface area contributed by atoms with Gasteiger partial charge < -0.3 is 4.90 Å². The Morgan fingerprint density at radius 2 is 2.00 bits per heavy atom. The van der Waals surface area contributed by atoms with Gasteiger partial charge in [0.2, 0.25) is 5.62 Å². The van der Waals surface area contributed by atoms with Gasteiger partial charge in [0.15, 0.2) is 11.6 Å². The van der Waals surface area contributed by atoms with E-state index in [-0.39, 0.29) is 28.3 Å². The lowest BCUT2D eigenvalue weighted by Crippen LogP contribution is -2.33. The summed E-state index contributed by atoms with van der Waals surface area (Å²) in [4.78, 5) is 9.18. The van der Waals surface area contributed by atoms with Gasteiger partial charge in [-0.3, -0.25) is 15.4 Å². The summed E-state index contributed by atoms with van der Waals surface area (Å²) in [7, 11) is 0. The van der Waals surface area contributed by atoms with Crippen molar-refractivity contribution in [2.45, 2.75) is 33.1 Å². The quantitative estimate of drug-likeness (QED) is 0.261. The molecule has 4 rings (SSSR count). The van der Waals surface area contributed by atoms with E-state index in [1.165, 1.54) is 31.3 Å². The second kappa shape index (κ2) is 8.31. The molecule has 1 saturated carbocycles. The van der Waals surface area contributed by atoms with Crippen molar-refractivity contribution >= 4 is 28.2 Å². The van der Waals surface area contributed by atoms with E-state index < -0.39 is 35.6 Å². The minimum Gasteiger partial charge on any atom is -0.320 e. The fourth-order valence-corrected chi connectivity index (χ4v) is 3.43. The van der Waals surface area contributed by atoms with Gasteiger partial charge in [-0.05, 0) is 56.9 Å². The van der Waals surface area contributed by atoms with Gasteiger partial charge in [0, 0.05) is 17.3 Å². The molecule has 0 unspecified atom stereocenters. The van der Waals surface area contributed by atoms with Crippen molar-refractivity contribution in [1.82, 2.24) is 14.5 Å². The van der Waals surface area contributed by atoms with Gasteiger partial charge in [0.1, 0.15) is 17.3 Å². The summed E-state index contributed by atoms with van der Waals surface area (Å²) in [5.74, 6) is 3.03. The molecule has 1 fully saturated rings. The van der Waals surface area contributed by atoms with E-state index in [9.17, 15) is 17.6 Å². The Hall–Kier alpha value is -3.74. The third-order valence-corrected chi connectivity index (χ3v) is 5.42. The molecule has 10 heteroatoms. The van der Waals surface area contributed by atoms with E-state index in [2.05, 4.69) is 21.8 Å². The van der Waals surface area contributed by atoms with Crippen molar-refractivity contribution in [2.75, 3.05) is 11.4 Å². The maximum absolute atomic E-state index is 15.0. The van der Waals surface area contributed by atoms with E-state index >= 15 is 0 Å². The van der Waals surface area contributed by atoms with Crippen LogP contribution in [-0.4, -0.2) is 33.3 Å². The van der Waals surface area contributed by atoms with Crippen LogP contribution in [0.2, 0.25) is 0 Å². The first-order valence-corrected chi connectivity index (χ1v) is 10.2. The van der Waals surface area contributed by atoms with Crippen LogP contribution in [0.1, 0.15) is 32.4 Å². The van der Waals surface area contributed by atoms with E-state index in [0.717, 1.165) is 28.4 Å². The molecule has 0 spiro atoms. The summed E-state index contributed by atoms with van der Waals surface area (Å²) in [5, 5.41) is 15.7. The maximum Gasteiger partial charge on any atom is 0.256 e. The molecule has 0 amide bonds. The Morgan fingerprint density at radius 3 is 2.64 bits per heavy atom. The maximum atomic E-state index is 15.0. The summed E-state index contributed by atoms with van der Waals surface area (Å²) in [5.41, 5.74) is -0.0614. The first-order chi connectivity index (χ1) is 15.6. The molecule has 0 bridgehead atoms. The number of anilines is 2. The molecule has 0 aliphatic heterocycles. The molecule has 170 valence electrons. The number of rotatable bonds is 4. The Bertz CT molecular complexity index is 1380. The van der Waals surface area contributed by atoms with E-state index in [1.807, 2.05) is 6.92 Å². The van der Waals surface area contributed by atoms with Crippen LogP contribution in [0.3, 0.4) is 0 Å². The second-order valence-electron chi connectivity index (χ2n) is 8.15. The normalized spacial score (nSPS) is 14.2. The highest BCUT2D eigenvalue weighted by molar-refractivity contribution is 5.97. The number of hydrogen-bond acceptors (Lipinski definition) is 5. The summed E-state index contributed by atoms with van der Waals surface area (Å²) in [6.45, 7) is 2.48. The second-order valence-corrected chi connectivity index (χ2v) is 8.15. The average Bonchev–Trinajstić information content (AvgIpc) is 3.50. The van der Waals surface area contributed by atoms with Gasteiger partial charge in [-0.1, -0.05) is 5.92 Å². The lowest BCUT2D eigenvalue weighted by Gasteiger charge is -2.26. The molecule has 2 N–H and O–H groups in total. The van der Waals surface area contributed by atoms with Crippen LogP contribution in [0.4, 0.5) is 29.1 Å². The fraction of sp³-hybridized carbons (Fsp3) is 0.304. The van der Waals surface area contributed by atoms with Crippen LogP contribution in [0, 0.1) is 39.7 Å². The number of alkyl halides is 2.